The molecule has 0 saturated carbocycles. The van der Waals surface area contributed by atoms with Crippen LogP contribution < -0.4 is 9.80 Å². The molecule has 2 saturated heterocycles. The largest absolute Gasteiger partial charge is 0.355 e. The molecule has 0 bridgehead atoms. The minimum absolute atomic E-state index is 0.117. The second-order valence-electron chi connectivity index (χ2n) is 7.06. The molecule has 2 aliphatic heterocycles. The summed E-state index contributed by atoms with van der Waals surface area (Å²) in [4.78, 5) is 19.2. The van der Waals surface area contributed by atoms with Crippen LogP contribution in [0, 0.1) is 3.57 Å². The van der Waals surface area contributed by atoms with E-state index in [0.29, 0.717) is 13.1 Å². The molecule has 2 fully saturated rings. The topological polar surface area (TPSA) is 52.6 Å². The summed E-state index contributed by atoms with van der Waals surface area (Å²) in [7, 11) is 0. The fourth-order valence-electron chi connectivity index (χ4n) is 3.72. The lowest BCUT2D eigenvalue weighted by Gasteiger charge is -2.35. The molecule has 0 N–H and O–H groups in total. The summed E-state index contributed by atoms with van der Waals surface area (Å²) in [6.45, 7) is 5.14. The Kier molecular flexibility index (Phi) is 5.75. The van der Waals surface area contributed by atoms with Crippen molar-refractivity contribution in [2.45, 2.75) is 19.3 Å². The zero-order valence-corrected chi connectivity index (χ0v) is 17.5. The van der Waals surface area contributed by atoms with Crippen molar-refractivity contribution in [3.63, 3.8) is 0 Å². The zero-order chi connectivity index (χ0) is 18.6. The lowest BCUT2D eigenvalue weighted by molar-refractivity contribution is 0.0745. The van der Waals surface area contributed by atoms with Gasteiger partial charge >= 0.3 is 0 Å². The Labute approximate surface area is 173 Å². The SMILES string of the molecule is O=C(c1ccccc1I)N1CCN(c2ccc(N3CCCCC3)nn2)CC1. The Morgan fingerprint density at radius 2 is 1.37 bits per heavy atom. The van der Waals surface area contributed by atoms with Crippen LogP contribution in [0.5, 0.6) is 0 Å². The van der Waals surface area contributed by atoms with Gasteiger partial charge in [0.1, 0.15) is 0 Å². The molecule has 2 aromatic rings. The van der Waals surface area contributed by atoms with Crippen LogP contribution in [0.3, 0.4) is 0 Å². The number of carbonyl (C=O) groups is 1. The first-order valence-electron chi connectivity index (χ1n) is 9.60. The highest BCUT2D eigenvalue weighted by Crippen LogP contribution is 2.21. The monoisotopic (exact) mass is 477 g/mol. The van der Waals surface area contributed by atoms with Gasteiger partial charge in [0.15, 0.2) is 11.6 Å². The van der Waals surface area contributed by atoms with Crippen LogP contribution in [0.25, 0.3) is 0 Å². The predicted octanol–water partition coefficient (Wildman–Crippen LogP) is 3.03. The van der Waals surface area contributed by atoms with Crippen molar-refractivity contribution >= 4 is 40.1 Å². The first-order valence-corrected chi connectivity index (χ1v) is 10.7. The molecule has 0 aliphatic carbocycles. The number of aromatic nitrogens is 2. The minimum atomic E-state index is 0.117. The van der Waals surface area contributed by atoms with Gasteiger partial charge in [0.2, 0.25) is 0 Å². The second kappa shape index (κ2) is 8.41. The molecule has 1 aromatic carbocycles. The van der Waals surface area contributed by atoms with Crippen molar-refractivity contribution in [1.82, 2.24) is 15.1 Å². The number of hydrogen-bond donors (Lipinski definition) is 0. The highest BCUT2D eigenvalue weighted by Gasteiger charge is 2.24. The number of halogens is 1. The van der Waals surface area contributed by atoms with Crippen molar-refractivity contribution in [2.24, 2.45) is 0 Å². The fraction of sp³-hybridized carbons (Fsp3) is 0.450. The Bertz CT molecular complexity index is 783. The second-order valence-corrected chi connectivity index (χ2v) is 8.22. The summed E-state index contributed by atoms with van der Waals surface area (Å²) in [6.07, 6.45) is 3.78. The van der Waals surface area contributed by atoms with Crippen molar-refractivity contribution in [3.05, 3.63) is 45.5 Å². The van der Waals surface area contributed by atoms with Gasteiger partial charge in [0.05, 0.1) is 5.56 Å². The van der Waals surface area contributed by atoms with E-state index >= 15 is 0 Å². The minimum Gasteiger partial charge on any atom is -0.355 e. The molecule has 0 radical (unpaired) electrons. The van der Waals surface area contributed by atoms with Gasteiger partial charge in [-0.05, 0) is 66.1 Å². The highest BCUT2D eigenvalue weighted by atomic mass is 127. The van der Waals surface area contributed by atoms with Crippen molar-refractivity contribution in [2.75, 3.05) is 49.1 Å². The summed E-state index contributed by atoms with van der Waals surface area (Å²) >= 11 is 2.23. The number of piperazine rings is 1. The number of hydrogen-bond acceptors (Lipinski definition) is 5. The van der Waals surface area contributed by atoms with E-state index in [1.54, 1.807) is 0 Å². The molecule has 4 rings (SSSR count). The first kappa shape index (κ1) is 18.5. The van der Waals surface area contributed by atoms with Crippen molar-refractivity contribution < 1.29 is 4.79 Å². The number of carbonyl (C=O) groups excluding carboxylic acids is 1. The van der Waals surface area contributed by atoms with Crippen LogP contribution in [0.1, 0.15) is 29.6 Å². The Balaban J connectivity index is 1.36. The van der Waals surface area contributed by atoms with Gasteiger partial charge in [-0.15, -0.1) is 10.2 Å². The average Bonchev–Trinajstić information content (AvgIpc) is 2.74. The molecule has 2 aliphatic rings. The van der Waals surface area contributed by atoms with Crippen LogP contribution in [-0.4, -0.2) is 60.3 Å². The lowest BCUT2D eigenvalue weighted by Crippen LogP contribution is -2.49. The van der Waals surface area contributed by atoms with E-state index in [1.165, 1.54) is 19.3 Å². The van der Waals surface area contributed by atoms with Crippen LogP contribution >= 0.6 is 22.6 Å². The lowest BCUT2D eigenvalue weighted by atomic mass is 10.1. The standard InChI is InChI=1S/C20H24IN5O/c21-17-7-3-2-6-16(17)20(27)26-14-12-25(13-15-26)19-9-8-18(22-23-19)24-10-4-1-5-11-24/h2-3,6-9H,1,4-5,10-15H2. The number of piperidine rings is 1. The van der Waals surface area contributed by atoms with E-state index in [0.717, 1.165) is 46.9 Å². The third-order valence-corrected chi connectivity index (χ3v) is 6.25. The molecule has 3 heterocycles. The van der Waals surface area contributed by atoms with Gasteiger partial charge in [-0.3, -0.25) is 4.79 Å². The van der Waals surface area contributed by atoms with Gasteiger partial charge in [-0.25, -0.2) is 0 Å². The van der Waals surface area contributed by atoms with Gasteiger partial charge in [0, 0.05) is 42.8 Å². The Morgan fingerprint density at radius 3 is 1.96 bits per heavy atom. The number of rotatable bonds is 3. The van der Waals surface area contributed by atoms with Crippen LogP contribution in [0.4, 0.5) is 11.6 Å². The summed E-state index contributed by atoms with van der Waals surface area (Å²) < 4.78 is 1.00. The molecular formula is C20H24IN5O. The Morgan fingerprint density at radius 1 is 0.778 bits per heavy atom. The number of amides is 1. The van der Waals surface area contributed by atoms with Crippen LogP contribution in [-0.2, 0) is 0 Å². The molecule has 27 heavy (non-hydrogen) atoms. The number of nitrogens with zero attached hydrogens (tertiary/aromatic N) is 5. The normalized spacial score (nSPS) is 17.9. The first-order chi connectivity index (χ1) is 13.2. The fourth-order valence-corrected chi connectivity index (χ4v) is 4.34. The van der Waals surface area contributed by atoms with Crippen molar-refractivity contribution in [1.29, 1.82) is 0 Å². The van der Waals surface area contributed by atoms with E-state index in [2.05, 4.69) is 54.7 Å². The van der Waals surface area contributed by atoms with E-state index in [1.807, 2.05) is 29.2 Å². The summed E-state index contributed by atoms with van der Waals surface area (Å²) in [5, 5.41) is 8.89. The van der Waals surface area contributed by atoms with Gasteiger partial charge in [0.25, 0.3) is 5.91 Å². The predicted molar refractivity (Wildman–Crippen MR) is 115 cm³/mol. The van der Waals surface area contributed by atoms with Gasteiger partial charge in [-0.2, -0.15) is 0 Å². The van der Waals surface area contributed by atoms with Gasteiger partial charge in [-0.1, -0.05) is 12.1 Å². The maximum absolute atomic E-state index is 12.8. The quantitative estimate of drug-likeness (QED) is 0.637. The molecular weight excluding hydrogens is 453 g/mol. The molecule has 142 valence electrons. The highest BCUT2D eigenvalue weighted by molar-refractivity contribution is 14.1. The van der Waals surface area contributed by atoms with E-state index in [4.69, 9.17) is 0 Å². The van der Waals surface area contributed by atoms with Crippen LogP contribution in [0.2, 0.25) is 0 Å². The molecule has 6 nitrogen and oxygen atoms in total. The third-order valence-electron chi connectivity index (χ3n) is 5.31. The molecule has 0 unspecified atom stereocenters. The Hall–Kier alpha value is -1.90. The van der Waals surface area contributed by atoms with Crippen LogP contribution in [0.15, 0.2) is 36.4 Å². The number of benzene rings is 1. The molecule has 0 spiro atoms. The van der Waals surface area contributed by atoms with Crippen molar-refractivity contribution in [3.8, 4) is 0 Å². The molecule has 0 atom stereocenters. The van der Waals surface area contributed by atoms with E-state index < -0.39 is 0 Å². The van der Waals surface area contributed by atoms with Gasteiger partial charge < -0.3 is 14.7 Å². The summed E-state index contributed by atoms with van der Waals surface area (Å²) in [6, 6.07) is 11.9. The average molecular weight is 477 g/mol. The summed E-state index contributed by atoms with van der Waals surface area (Å²) in [5.41, 5.74) is 0.789. The molecule has 1 aromatic heterocycles. The molecule has 1 amide bonds. The van der Waals surface area contributed by atoms with E-state index in [-0.39, 0.29) is 5.91 Å². The third kappa shape index (κ3) is 4.17. The smallest absolute Gasteiger partial charge is 0.255 e. The summed E-state index contributed by atoms with van der Waals surface area (Å²) in [5.74, 6) is 1.99. The zero-order valence-electron chi connectivity index (χ0n) is 15.4. The number of anilines is 2. The van der Waals surface area contributed by atoms with E-state index in [9.17, 15) is 4.79 Å². The maximum Gasteiger partial charge on any atom is 0.255 e. The maximum atomic E-state index is 12.8. The molecule has 7 heteroatoms.